The number of piperidine rings is 1. The first-order valence-electron chi connectivity index (χ1n) is 8.97. The van der Waals surface area contributed by atoms with Crippen molar-refractivity contribution >= 4 is 16.7 Å². The Morgan fingerprint density at radius 3 is 2.96 bits per heavy atom. The molecule has 2 aromatic heterocycles. The lowest BCUT2D eigenvalue weighted by atomic mass is 9.96. The number of hydrogen-bond acceptors (Lipinski definition) is 6. The minimum Gasteiger partial charge on any atom is -0.423 e. The molecule has 2 aliphatic rings. The quantitative estimate of drug-likeness (QED) is 0.843. The van der Waals surface area contributed by atoms with Gasteiger partial charge in [0.1, 0.15) is 0 Å². The molecule has 0 aliphatic carbocycles. The lowest BCUT2D eigenvalue weighted by molar-refractivity contribution is 0.0296. The summed E-state index contributed by atoms with van der Waals surface area (Å²) in [6, 6.07) is 5.28. The van der Waals surface area contributed by atoms with Crippen LogP contribution in [0, 0.1) is 5.92 Å². The Morgan fingerprint density at radius 2 is 2.12 bits per heavy atom. The summed E-state index contributed by atoms with van der Waals surface area (Å²) in [7, 11) is 0. The summed E-state index contributed by atoms with van der Waals surface area (Å²) in [6.45, 7) is 6.58. The maximum Gasteiger partial charge on any atom is 0.286 e. The van der Waals surface area contributed by atoms with E-state index in [0.717, 1.165) is 63.4 Å². The fourth-order valence-electron chi connectivity index (χ4n) is 3.97. The zero-order valence-corrected chi connectivity index (χ0v) is 14.3. The first-order valence-corrected chi connectivity index (χ1v) is 8.97. The monoisotopic (exact) mass is 344 g/mol. The van der Waals surface area contributed by atoms with E-state index in [1.807, 2.05) is 12.1 Å². The molecule has 0 saturated carbocycles. The van der Waals surface area contributed by atoms with Crippen molar-refractivity contribution in [2.45, 2.75) is 12.8 Å². The normalized spacial score (nSPS) is 22.4. The molecule has 4 rings (SSSR count). The molecule has 1 N–H and O–H groups in total. The van der Waals surface area contributed by atoms with Crippen molar-refractivity contribution in [2.24, 2.45) is 5.92 Å². The van der Waals surface area contributed by atoms with Gasteiger partial charge in [-0.05, 0) is 30.9 Å². The summed E-state index contributed by atoms with van der Waals surface area (Å²) < 4.78 is 6.07. The van der Waals surface area contributed by atoms with E-state index in [0.29, 0.717) is 16.3 Å². The summed E-state index contributed by atoms with van der Waals surface area (Å²) in [6.07, 6.45) is 3.91. The summed E-state index contributed by atoms with van der Waals surface area (Å²) in [4.78, 5) is 21.0. The van der Waals surface area contributed by atoms with Gasteiger partial charge in [0.25, 0.3) is 5.56 Å². The highest BCUT2D eigenvalue weighted by Gasteiger charge is 2.25. The molecule has 2 fully saturated rings. The molecule has 7 heteroatoms. The van der Waals surface area contributed by atoms with E-state index >= 15 is 0 Å². The Hall–Kier alpha value is -2.12. The van der Waals surface area contributed by atoms with Gasteiger partial charge in [-0.1, -0.05) is 0 Å². The fraction of sp³-hybridized carbons (Fsp3) is 0.556. The number of rotatable bonds is 3. The Labute approximate surface area is 146 Å². The summed E-state index contributed by atoms with van der Waals surface area (Å²) >= 11 is 0. The zero-order chi connectivity index (χ0) is 17.2. The Morgan fingerprint density at radius 1 is 1.28 bits per heavy atom. The van der Waals surface area contributed by atoms with Gasteiger partial charge in [-0.3, -0.25) is 9.69 Å². The second-order valence-corrected chi connectivity index (χ2v) is 6.92. The van der Waals surface area contributed by atoms with Crippen LogP contribution in [0.4, 0.5) is 5.69 Å². The average molecular weight is 344 g/mol. The number of pyridine rings is 2. The molecule has 2 aromatic rings. The highest BCUT2D eigenvalue weighted by Crippen LogP contribution is 2.28. The van der Waals surface area contributed by atoms with E-state index in [2.05, 4.69) is 14.8 Å². The standard InChI is InChI=1S/C18H24N4O3/c23-17-11-16(15-4-1-5-19-18(15)22(17)24)21-6-2-3-14(13-21)12-20-7-9-25-10-8-20/h1,4-5,11,14,24H,2-3,6-10,12-13H2. The molecular formula is C18H24N4O3. The van der Waals surface area contributed by atoms with Crippen LogP contribution >= 0.6 is 0 Å². The van der Waals surface area contributed by atoms with Crippen LogP contribution in [0.1, 0.15) is 12.8 Å². The largest absolute Gasteiger partial charge is 0.423 e. The van der Waals surface area contributed by atoms with Crippen LogP contribution in [0.15, 0.2) is 29.2 Å². The van der Waals surface area contributed by atoms with E-state index in [1.165, 1.54) is 12.5 Å². The van der Waals surface area contributed by atoms with Gasteiger partial charge in [0, 0.05) is 50.4 Å². The second-order valence-electron chi connectivity index (χ2n) is 6.92. The average Bonchev–Trinajstić information content (AvgIpc) is 2.66. The third-order valence-electron chi connectivity index (χ3n) is 5.21. The van der Waals surface area contributed by atoms with Crippen LogP contribution in [-0.2, 0) is 4.74 Å². The molecule has 2 aliphatic heterocycles. The number of hydrogen-bond donors (Lipinski definition) is 1. The lowest BCUT2D eigenvalue weighted by Gasteiger charge is -2.38. The number of morpholine rings is 1. The summed E-state index contributed by atoms with van der Waals surface area (Å²) in [5, 5.41) is 10.8. The molecule has 0 radical (unpaired) electrons. The number of anilines is 1. The molecule has 0 spiro atoms. The van der Waals surface area contributed by atoms with Gasteiger partial charge in [0.15, 0.2) is 5.65 Å². The van der Waals surface area contributed by atoms with Gasteiger partial charge < -0.3 is 14.8 Å². The van der Waals surface area contributed by atoms with E-state index in [-0.39, 0.29) is 0 Å². The van der Waals surface area contributed by atoms with Crippen molar-refractivity contribution < 1.29 is 9.94 Å². The van der Waals surface area contributed by atoms with Crippen LogP contribution in [-0.4, -0.2) is 65.8 Å². The maximum atomic E-state index is 12.1. The predicted molar refractivity (Wildman–Crippen MR) is 95.4 cm³/mol. The maximum absolute atomic E-state index is 12.1. The minimum absolute atomic E-state index is 0.320. The molecule has 25 heavy (non-hydrogen) atoms. The molecule has 7 nitrogen and oxygen atoms in total. The fourth-order valence-corrected chi connectivity index (χ4v) is 3.97. The first-order chi connectivity index (χ1) is 12.2. The smallest absolute Gasteiger partial charge is 0.286 e. The van der Waals surface area contributed by atoms with Crippen LogP contribution in [0.3, 0.4) is 0 Å². The van der Waals surface area contributed by atoms with Crippen molar-refractivity contribution in [3.8, 4) is 0 Å². The van der Waals surface area contributed by atoms with Gasteiger partial charge in [-0.15, -0.1) is 4.73 Å². The first kappa shape index (κ1) is 16.4. The minimum atomic E-state index is -0.434. The van der Waals surface area contributed by atoms with Crippen LogP contribution in [0.5, 0.6) is 0 Å². The van der Waals surface area contributed by atoms with Crippen molar-refractivity contribution in [1.29, 1.82) is 0 Å². The molecule has 4 heterocycles. The second kappa shape index (κ2) is 7.01. The van der Waals surface area contributed by atoms with Gasteiger partial charge in [-0.2, -0.15) is 0 Å². The summed E-state index contributed by atoms with van der Waals surface area (Å²) in [5.74, 6) is 0.579. The van der Waals surface area contributed by atoms with Crippen LogP contribution in [0.25, 0.3) is 11.0 Å². The third kappa shape index (κ3) is 3.34. The third-order valence-corrected chi connectivity index (χ3v) is 5.21. The number of fused-ring (bicyclic) bond motifs is 1. The van der Waals surface area contributed by atoms with Gasteiger partial charge >= 0.3 is 0 Å². The molecule has 0 aromatic carbocycles. The number of nitrogens with zero attached hydrogens (tertiary/aromatic N) is 4. The van der Waals surface area contributed by atoms with Crippen molar-refractivity contribution in [1.82, 2.24) is 14.6 Å². The van der Waals surface area contributed by atoms with Gasteiger partial charge in [0.2, 0.25) is 0 Å². The van der Waals surface area contributed by atoms with Crippen LogP contribution < -0.4 is 10.5 Å². The molecule has 2 saturated heterocycles. The molecule has 134 valence electrons. The van der Waals surface area contributed by atoms with E-state index < -0.39 is 5.56 Å². The van der Waals surface area contributed by atoms with Crippen molar-refractivity contribution in [2.75, 3.05) is 50.8 Å². The molecule has 1 atom stereocenters. The predicted octanol–water partition coefficient (Wildman–Crippen LogP) is 1.18. The highest BCUT2D eigenvalue weighted by atomic mass is 16.5. The summed E-state index contributed by atoms with van der Waals surface area (Å²) in [5.41, 5.74) is 0.766. The zero-order valence-electron chi connectivity index (χ0n) is 14.3. The number of ether oxygens (including phenoxy) is 1. The molecule has 0 bridgehead atoms. The number of aromatic nitrogens is 2. The van der Waals surface area contributed by atoms with E-state index in [4.69, 9.17) is 4.74 Å². The molecule has 1 unspecified atom stereocenters. The van der Waals surface area contributed by atoms with E-state index in [1.54, 1.807) is 6.20 Å². The Kier molecular flexibility index (Phi) is 4.59. The Balaban J connectivity index is 1.58. The van der Waals surface area contributed by atoms with Crippen LogP contribution in [0.2, 0.25) is 0 Å². The topological polar surface area (TPSA) is 70.8 Å². The van der Waals surface area contributed by atoms with Crippen molar-refractivity contribution in [3.05, 3.63) is 34.7 Å². The molecule has 0 amide bonds. The highest BCUT2D eigenvalue weighted by molar-refractivity contribution is 5.89. The SMILES string of the molecule is O=c1cc(N2CCCC(CN3CCOCC3)C2)c2cccnc2n1O. The lowest BCUT2D eigenvalue weighted by Crippen LogP contribution is -2.44. The van der Waals surface area contributed by atoms with E-state index in [9.17, 15) is 10.0 Å². The van der Waals surface area contributed by atoms with Gasteiger partial charge in [0.05, 0.1) is 18.9 Å². The Bertz CT molecular complexity index is 800. The van der Waals surface area contributed by atoms with Gasteiger partial charge in [-0.25, -0.2) is 4.98 Å². The molecular weight excluding hydrogens is 320 g/mol. The van der Waals surface area contributed by atoms with Crippen molar-refractivity contribution in [3.63, 3.8) is 0 Å².